The molecule has 1 aliphatic carbocycles. The molecule has 3 rings (SSSR count). The second kappa shape index (κ2) is 5.74. The maximum absolute atomic E-state index is 12.9. The van der Waals surface area contributed by atoms with Gasteiger partial charge in [0.1, 0.15) is 0 Å². The van der Waals surface area contributed by atoms with Crippen LogP contribution in [0.3, 0.4) is 0 Å². The van der Waals surface area contributed by atoms with Crippen molar-refractivity contribution in [3.05, 3.63) is 47.1 Å². The highest BCUT2D eigenvalue weighted by Gasteiger charge is 2.32. The molecule has 1 N–H and O–H groups in total. The van der Waals surface area contributed by atoms with Gasteiger partial charge in [-0.1, -0.05) is 37.4 Å². The van der Waals surface area contributed by atoms with E-state index < -0.39 is 11.7 Å². The lowest BCUT2D eigenvalue weighted by atomic mass is 9.84. The van der Waals surface area contributed by atoms with Gasteiger partial charge in [-0.05, 0) is 48.4 Å². The Morgan fingerprint density at radius 1 is 1.36 bits per heavy atom. The average molecular weight is 341 g/mol. The Kier molecular flexibility index (Phi) is 4.07. The molecular formula is C16H14F3NS2. The van der Waals surface area contributed by atoms with Gasteiger partial charge in [0.05, 0.1) is 15.4 Å². The van der Waals surface area contributed by atoms with Crippen molar-refractivity contribution in [1.82, 2.24) is 0 Å². The van der Waals surface area contributed by atoms with Crippen LogP contribution >= 0.6 is 24.2 Å². The van der Waals surface area contributed by atoms with Crippen LogP contribution in [-0.2, 0) is 6.18 Å². The van der Waals surface area contributed by atoms with Crippen LogP contribution in [0, 0.1) is 5.92 Å². The van der Waals surface area contributed by atoms with E-state index in [0.29, 0.717) is 15.8 Å². The second-order valence-corrected chi connectivity index (χ2v) is 6.86. The lowest BCUT2D eigenvalue weighted by Crippen LogP contribution is -2.08. The van der Waals surface area contributed by atoms with Gasteiger partial charge in [-0.2, -0.15) is 13.2 Å². The number of allylic oxidation sites excluding steroid dienone is 3. The van der Waals surface area contributed by atoms with Gasteiger partial charge in [0, 0.05) is 11.1 Å². The minimum atomic E-state index is -4.34. The minimum absolute atomic E-state index is 0.403. The van der Waals surface area contributed by atoms with Gasteiger partial charge in [-0.15, -0.1) is 0 Å². The number of anilines is 1. The average Bonchev–Trinajstić information content (AvgIpc) is 2.63. The first-order valence-corrected chi connectivity index (χ1v) is 8.22. The van der Waals surface area contributed by atoms with Crippen molar-refractivity contribution in [3.8, 4) is 0 Å². The highest BCUT2D eigenvalue weighted by atomic mass is 32.2. The monoisotopic (exact) mass is 341 g/mol. The first-order chi connectivity index (χ1) is 10.4. The van der Waals surface area contributed by atoms with Crippen LogP contribution in [0.25, 0.3) is 5.57 Å². The topological polar surface area (TPSA) is 12.0 Å². The van der Waals surface area contributed by atoms with Gasteiger partial charge in [-0.3, -0.25) is 0 Å². The zero-order valence-corrected chi connectivity index (χ0v) is 13.5. The lowest BCUT2D eigenvalue weighted by molar-refractivity contribution is -0.137. The summed E-state index contributed by atoms with van der Waals surface area (Å²) in [5.41, 5.74) is 2.65. The Labute approximate surface area is 136 Å². The van der Waals surface area contributed by atoms with E-state index in [0.717, 1.165) is 35.6 Å². The van der Waals surface area contributed by atoms with Crippen molar-refractivity contribution in [1.29, 1.82) is 0 Å². The number of alkyl halides is 3. The van der Waals surface area contributed by atoms with Crippen LogP contribution in [0.4, 0.5) is 18.9 Å². The molecule has 0 saturated carbocycles. The third kappa shape index (κ3) is 2.82. The molecule has 1 atom stereocenters. The summed E-state index contributed by atoms with van der Waals surface area (Å²) in [6, 6.07) is 3.87. The molecule has 1 aliphatic heterocycles. The van der Waals surface area contributed by atoms with Gasteiger partial charge in [-0.25, -0.2) is 0 Å². The SMILES string of the molecule is CCC1C=CC2=C(C1)c1ccc(C(F)(F)F)cc1NSC2=S. The molecule has 0 aromatic heterocycles. The van der Waals surface area contributed by atoms with Crippen LogP contribution in [0.5, 0.6) is 0 Å². The predicted octanol–water partition coefficient (Wildman–Crippen LogP) is 5.85. The number of nitrogens with one attached hydrogen (secondary N) is 1. The van der Waals surface area contributed by atoms with E-state index in [1.165, 1.54) is 18.0 Å². The fourth-order valence-electron chi connectivity index (χ4n) is 2.72. The van der Waals surface area contributed by atoms with Crippen molar-refractivity contribution in [2.45, 2.75) is 25.9 Å². The molecule has 0 amide bonds. The Hall–Kier alpha value is -1.27. The summed E-state index contributed by atoms with van der Waals surface area (Å²) in [5.74, 6) is 0.403. The molecule has 0 saturated heterocycles. The van der Waals surface area contributed by atoms with E-state index in [4.69, 9.17) is 12.2 Å². The van der Waals surface area contributed by atoms with Crippen LogP contribution in [-0.4, -0.2) is 4.20 Å². The van der Waals surface area contributed by atoms with E-state index in [1.807, 2.05) is 6.08 Å². The number of rotatable bonds is 1. The van der Waals surface area contributed by atoms with Crippen LogP contribution in [0.2, 0.25) is 0 Å². The standard InChI is InChI=1S/C16H14F3NS2/c1-2-9-3-5-12-13(7-9)11-6-4-10(16(17,18)19)8-14(11)20-22-15(12)21/h3-6,8-9,20H,2,7H2,1H3. The molecular weight excluding hydrogens is 327 g/mol. The fraction of sp³-hybridized carbons (Fsp3) is 0.312. The molecule has 6 heteroatoms. The smallest absolute Gasteiger partial charge is 0.324 e. The van der Waals surface area contributed by atoms with Gasteiger partial charge in [0.15, 0.2) is 0 Å². The second-order valence-electron chi connectivity index (χ2n) is 5.37. The summed E-state index contributed by atoms with van der Waals surface area (Å²) in [4.78, 5) is 0. The summed E-state index contributed by atoms with van der Waals surface area (Å²) in [6.07, 6.45) is 1.61. The zero-order chi connectivity index (χ0) is 15.9. The van der Waals surface area contributed by atoms with E-state index in [2.05, 4.69) is 17.7 Å². The number of hydrogen-bond donors (Lipinski definition) is 1. The third-order valence-electron chi connectivity index (χ3n) is 4.00. The molecule has 1 unspecified atom stereocenters. The van der Waals surface area contributed by atoms with E-state index in [9.17, 15) is 13.2 Å². The summed E-state index contributed by atoms with van der Waals surface area (Å²) in [5, 5.41) is 0. The van der Waals surface area contributed by atoms with Crippen LogP contribution in [0.15, 0.2) is 35.9 Å². The molecule has 2 aliphatic rings. The first kappa shape index (κ1) is 15.6. The maximum Gasteiger partial charge on any atom is 0.416 e. The first-order valence-electron chi connectivity index (χ1n) is 7.00. The minimum Gasteiger partial charge on any atom is -0.324 e. The molecule has 22 heavy (non-hydrogen) atoms. The third-order valence-corrected chi connectivity index (χ3v) is 5.19. The van der Waals surface area contributed by atoms with E-state index in [-0.39, 0.29) is 0 Å². The van der Waals surface area contributed by atoms with Crippen molar-refractivity contribution in [2.75, 3.05) is 4.72 Å². The molecule has 0 spiro atoms. The van der Waals surface area contributed by atoms with Crippen LogP contribution in [0.1, 0.15) is 30.9 Å². The summed E-state index contributed by atoms with van der Waals surface area (Å²) < 4.78 is 42.4. The quantitative estimate of drug-likeness (QED) is 0.508. The van der Waals surface area contributed by atoms with Gasteiger partial charge >= 0.3 is 6.18 Å². The largest absolute Gasteiger partial charge is 0.416 e. The normalized spacial score (nSPS) is 21.1. The maximum atomic E-state index is 12.9. The number of thiocarbonyl (C=S) groups is 1. The van der Waals surface area contributed by atoms with Crippen molar-refractivity contribution in [3.63, 3.8) is 0 Å². The van der Waals surface area contributed by atoms with Gasteiger partial charge < -0.3 is 4.72 Å². The Balaban J connectivity index is 2.11. The van der Waals surface area contributed by atoms with Gasteiger partial charge in [0.25, 0.3) is 0 Å². The summed E-state index contributed by atoms with van der Waals surface area (Å²) in [7, 11) is 0. The van der Waals surface area contributed by atoms with Gasteiger partial charge in [0.2, 0.25) is 0 Å². The Morgan fingerprint density at radius 2 is 2.14 bits per heavy atom. The predicted molar refractivity (Wildman–Crippen MR) is 89.7 cm³/mol. The Bertz CT molecular complexity index is 689. The van der Waals surface area contributed by atoms with Crippen molar-refractivity contribution < 1.29 is 13.2 Å². The highest BCUT2D eigenvalue weighted by molar-refractivity contribution is 8.24. The molecule has 1 heterocycles. The molecule has 1 nitrogen and oxygen atoms in total. The summed E-state index contributed by atoms with van der Waals surface area (Å²) in [6.45, 7) is 2.11. The Morgan fingerprint density at radius 3 is 2.82 bits per heavy atom. The van der Waals surface area contributed by atoms with Crippen molar-refractivity contribution >= 4 is 39.6 Å². The molecule has 0 radical (unpaired) electrons. The zero-order valence-electron chi connectivity index (χ0n) is 11.8. The molecule has 1 aromatic rings. The highest BCUT2D eigenvalue weighted by Crippen LogP contribution is 2.43. The number of hydrogen-bond acceptors (Lipinski definition) is 3. The van der Waals surface area contributed by atoms with Crippen molar-refractivity contribution in [2.24, 2.45) is 5.92 Å². The number of benzene rings is 1. The molecule has 0 bridgehead atoms. The lowest BCUT2D eigenvalue weighted by Gasteiger charge is -2.21. The fourth-order valence-corrected chi connectivity index (χ4v) is 3.71. The summed E-state index contributed by atoms with van der Waals surface area (Å²) >= 11 is 6.59. The van der Waals surface area contributed by atoms with Crippen LogP contribution < -0.4 is 4.72 Å². The molecule has 0 fully saturated rings. The molecule has 1 aromatic carbocycles. The molecule has 116 valence electrons. The van der Waals surface area contributed by atoms with E-state index in [1.54, 1.807) is 6.07 Å². The number of fused-ring (bicyclic) bond motifs is 2. The number of halogens is 3. The van der Waals surface area contributed by atoms with E-state index >= 15 is 0 Å².